The van der Waals surface area contributed by atoms with Crippen LogP contribution in [0.5, 0.6) is 0 Å². The molecular weight excluding hydrogens is 564 g/mol. The lowest BCUT2D eigenvalue weighted by Crippen LogP contribution is -2.51. The summed E-state index contributed by atoms with van der Waals surface area (Å²) in [4.78, 5) is 27.9. The molecule has 0 saturated carbocycles. The van der Waals surface area contributed by atoms with Crippen LogP contribution in [0.4, 0.5) is 10.1 Å². The number of nitrogens with zero attached hydrogens (tertiary/aromatic N) is 2. The minimum Gasteiger partial charge on any atom is -0.354 e. The Morgan fingerprint density at radius 1 is 1.00 bits per heavy atom. The molecule has 0 fully saturated rings. The Morgan fingerprint density at radius 2 is 1.64 bits per heavy atom. The molecule has 1 atom stereocenters. The van der Waals surface area contributed by atoms with E-state index >= 15 is 0 Å². The summed E-state index contributed by atoms with van der Waals surface area (Å²) in [5.41, 5.74) is 1.48. The minimum atomic E-state index is -4.24. The SMILES string of the molecule is CCCNC(=O)[C@H](C)N(Cc1ccc(Cl)cc1Cl)C(=O)CN(c1ccc(F)cc1)S(=O)(=O)c1ccc(C)cc1. The van der Waals surface area contributed by atoms with Crippen LogP contribution in [0, 0.1) is 12.7 Å². The van der Waals surface area contributed by atoms with E-state index in [1.54, 1.807) is 31.2 Å². The Bertz CT molecular complexity index is 1420. The van der Waals surface area contributed by atoms with Gasteiger partial charge in [-0.15, -0.1) is 0 Å². The molecule has 0 radical (unpaired) electrons. The maximum absolute atomic E-state index is 13.8. The van der Waals surface area contributed by atoms with Crippen molar-refractivity contribution in [2.45, 2.75) is 44.7 Å². The first-order valence-corrected chi connectivity index (χ1v) is 14.5. The quantitative estimate of drug-likeness (QED) is 0.314. The number of carbonyl (C=O) groups is 2. The predicted molar refractivity (Wildman–Crippen MR) is 152 cm³/mol. The third kappa shape index (κ3) is 7.71. The van der Waals surface area contributed by atoms with Crippen molar-refractivity contribution in [3.05, 3.63) is 93.7 Å². The highest BCUT2D eigenvalue weighted by molar-refractivity contribution is 7.92. The summed E-state index contributed by atoms with van der Waals surface area (Å²) in [6.45, 7) is 4.98. The molecule has 0 spiro atoms. The average Bonchev–Trinajstić information content (AvgIpc) is 2.90. The minimum absolute atomic E-state index is 0.0359. The number of hydrogen-bond donors (Lipinski definition) is 1. The van der Waals surface area contributed by atoms with Gasteiger partial charge in [-0.1, -0.05) is 53.9 Å². The van der Waals surface area contributed by atoms with Crippen molar-refractivity contribution < 1.29 is 22.4 Å². The Labute approximate surface area is 238 Å². The molecule has 0 aliphatic rings. The van der Waals surface area contributed by atoms with Crippen molar-refractivity contribution in [1.29, 1.82) is 0 Å². The summed E-state index contributed by atoms with van der Waals surface area (Å²) in [6, 6.07) is 14.8. The van der Waals surface area contributed by atoms with Crippen molar-refractivity contribution in [3.63, 3.8) is 0 Å². The monoisotopic (exact) mass is 593 g/mol. The number of amides is 2. The van der Waals surface area contributed by atoms with Gasteiger partial charge in [0.1, 0.15) is 18.4 Å². The summed E-state index contributed by atoms with van der Waals surface area (Å²) in [5.74, 6) is -1.61. The van der Waals surface area contributed by atoms with E-state index in [0.29, 0.717) is 28.6 Å². The molecule has 2 amide bonds. The largest absolute Gasteiger partial charge is 0.354 e. The maximum atomic E-state index is 13.8. The molecule has 0 aliphatic heterocycles. The highest BCUT2D eigenvalue weighted by atomic mass is 35.5. The lowest BCUT2D eigenvalue weighted by Gasteiger charge is -2.32. The van der Waals surface area contributed by atoms with E-state index in [9.17, 15) is 22.4 Å². The Hall–Kier alpha value is -3.14. The van der Waals surface area contributed by atoms with E-state index in [4.69, 9.17) is 23.2 Å². The fourth-order valence-corrected chi connectivity index (χ4v) is 5.67. The predicted octanol–water partition coefficient (Wildman–Crippen LogP) is 5.58. The number of carbonyl (C=O) groups excluding carboxylic acids is 2. The molecule has 0 heterocycles. The van der Waals surface area contributed by atoms with Gasteiger partial charge >= 0.3 is 0 Å². The molecule has 7 nitrogen and oxygen atoms in total. The lowest BCUT2D eigenvalue weighted by molar-refractivity contribution is -0.139. The number of anilines is 1. The van der Waals surface area contributed by atoms with E-state index < -0.39 is 40.2 Å². The first kappa shape index (κ1) is 30.4. The topological polar surface area (TPSA) is 86.8 Å². The zero-order chi connectivity index (χ0) is 28.7. The molecule has 11 heteroatoms. The van der Waals surface area contributed by atoms with Gasteiger partial charge in [0.2, 0.25) is 11.8 Å². The number of halogens is 3. The van der Waals surface area contributed by atoms with Gasteiger partial charge in [0.05, 0.1) is 10.6 Å². The smallest absolute Gasteiger partial charge is 0.264 e. The number of rotatable bonds is 11. The molecule has 0 aliphatic carbocycles. The van der Waals surface area contributed by atoms with Crippen LogP contribution < -0.4 is 9.62 Å². The molecule has 0 saturated heterocycles. The molecular formula is C28H30Cl2FN3O4S. The van der Waals surface area contributed by atoms with Crippen LogP contribution in [-0.4, -0.2) is 44.3 Å². The van der Waals surface area contributed by atoms with Gasteiger partial charge in [-0.25, -0.2) is 12.8 Å². The summed E-state index contributed by atoms with van der Waals surface area (Å²) in [6.07, 6.45) is 0.697. The van der Waals surface area contributed by atoms with Crippen LogP contribution in [0.25, 0.3) is 0 Å². The summed E-state index contributed by atoms with van der Waals surface area (Å²) >= 11 is 12.4. The molecule has 3 aromatic rings. The van der Waals surface area contributed by atoms with Gasteiger partial charge in [-0.2, -0.15) is 0 Å². The fourth-order valence-electron chi connectivity index (χ4n) is 3.79. The summed E-state index contributed by atoms with van der Waals surface area (Å²) < 4.78 is 42.1. The third-order valence-corrected chi connectivity index (χ3v) is 8.45. The van der Waals surface area contributed by atoms with Crippen LogP contribution in [0.3, 0.4) is 0 Å². The van der Waals surface area contributed by atoms with E-state index in [1.807, 2.05) is 13.8 Å². The van der Waals surface area contributed by atoms with Crippen LogP contribution in [0.15, 0.2) is 71.6 Å². The van der Waals surface area contributed by atoms with E-state index in [1.165, 1.54) is 35.2 Å². The first-order valence-electron chi connectivity index (χ1n) is 12.3. The molecule has 0 aromatic heterocycles. The lowest BCUT2D eigenvalue weighted by atomic mass is 10.1. The second kappa shape index (κ2) is 13.3. The molecule has 1 N–H and O–H groups in total. The Balaban J connectivity index is 2.03. The van der Waals surface area contributed by atoms with Crippen molar-refractivity contribution in [2.75, 3.05) is 17.4 Å². The van der Waals surface area contributed by atoms with Crippen molar-refractivity contribution in [2.24, 2.45) is 0 Å². The number of nitrogens with one attached hydrogen (secondary N) is 1. The third-order valence-electron chi connectivity index (χ3n) is 6.07. The van der Waals surface area contributed by atoms with Gasteiger partial charge in [0, 0.05) is 23.1 Å². The Morgan fingerprint density at radius 3 is 2.23 bits per heavy atom. The average molecular weight is 595 g/mol. The van der Waals surface area contributed by atoms with Crippen molar-refractivity contribution in [3.8, 4) is 0 Å². The van der Waals surface area contributed by atoms with E-state index in [-0.39, 0.29) is 17.1 Å². The summed E-state index contributed by atoms with van der Waals surface area (Å²) in [7, 11) is -4.24. The van der Waals surface area contributed by atoms with E-state index in [0.717, 1.165) is 22.0 Å². The first-order chi connectivity index (χ1) is 18.4. The molecule has 39 heavy (non-hydrogen) atoms. The second-order valence-electron chi connectivity index (χ2n) is 9.03. The van der Waals surface area contributed by atoms with Gasteiger partial charge in [-0.05, 0) is 74.4 Å². The molecule has 3 rings (SSSR count). The van der Waals surface area contributed by atoms with Crippen LogP contribution >= 0.6 is 23.2 Å². The number of sulfonamides is 1. The Kier molecular flexibility index (Phi) is 10.4. The standard InChI is InChI=1S/C28H30Cl2FN3O4S/c1-4-15-32-28(36)20(3)33(17-21-7-8-22(29)16-26(21)30)27(35)18-34(24-11-9-23(31)10-12-24)39(37,38)25-13-5-19(2)6-14-25/h5-14,16,20H,4,15,17-18H2,1-3H3,(H,32,36)/t20-/m0/s1. The molecule has 208 valence electrons. The summed E-state index contributed by atoms with van der Waals surface area (Å²) in [5, 5.41) is 3.47. The van der Waals surface area contributed by atoms with Crippen LogP contribution in [0.2, 0.25) is 10.0 Å². The second-order valence-corrected chi connectivity index (χ2v) is 11.7. The zero-order valence-electron chi connectivity index (χ0n) is 21.8. The van der Waals surface area contributed by atoms with Crippen molar-refractivity contribution >= 4 is 50.7 Å². The molecule has 3 aromatic carbocycles. The van der Waals surface area contributed by atoms with Gasteiger partial charge in [-0.3, -0.25) is 13.9 Å². The fraction of sp³-hybridized carbons (Fsp3) is 0.286. The van der Waals surface area contributed by atoms with Gasteiger partial charge in [0.25, 0.3) is 10.0 Å². The maximum Gasteiger partial charge on any atom is 0.264 e. The van der Waals surface area contributed by atoms with Gasteiger partial charge < -0.3 is 10.2 Å². The number of benzene rings is 3. The van der Waals surface area contributed by atoms with Crippen LogP contribution in [-0.2, 0) is 26.2 Å². The molecule has 0 unspecified atom stereocenters. The van der Waals surface area contributed by atoms with Crippen LogP contribution in [0.1, 0.15) is 31.4 Å². The number of aryl methyl sites for hydroxylation is 1. The zero-order valence-corrected chi connectivity index (χ0v) is 24.2. The van der Waals surface area contributed by atoms with E-state index in [2.05, 4.69) is 5.32 Å². The molecule has 0 bridgehead atoms. The van der Waals surface area contributed by atoms with Gasteiger partial charge in [0.15, 0.2) is 0 Å². The highest BCUT2D eigenvalue weighted by Crippen LogP contribution is 2.27. The number of hydrogen-bond acceptors (Lipinski definition) is 4. The normalized spacial score (nSPS) is 12.1. The highest BCUT2D eigenvalue weighted by Gasteiger charge is 2.32. The van der Waals surface area contributed by atoms with Crippen molar-refractivity contribution in [1.82, 2.24) is 10.2 Å².